The summed E-state index contributed by atoms with van der Waals surface area (Å²) in [5, 5.41) is 7.41. The molecule has 170 valence electrons. The molecule has 12 heteroatoms. The number of methoxy groups -OCH3 is 1. The maximum atomic E-state index is 13.4. The van der Waals surface area contributed by atoms with Gasteiger partial charge < -0.3 is 10.1 Å². The van der Waals surface area contributed by atoms with Gasteiger partial charge in [-0.25, -0.2) is 15.0 Å². The van der Waals surface area contributed by atoms with Gasteiger partial charge in [0.2, 0.25) is 5.95 Å². The Labute approximate surface area is 188 Å². The minimum atomic E-state index is -4.55. The normalized spacial score (nSPS) is 11.6. The maximum absolute atomic E-state index is 13.4. The van der Waals surface area contributed by atoms with Crippen LogP contribution in [0.2, 0.25) is 0 Å². The first kappa shape index (κ1) is 21.2. The SMILES string of the molecule is COc1ccc(-c2nc3c4cc(C(F)(F)F)ccc4nc(Nc4cnccnc4=O)n3n2)cc1. The van der Waals surface area contributed by atoms with Crippen LogP contribution in [-0.2, 0) is 6.18 Å². The van der Waals surface area contributed by atoms with Crippen molar-refractivity contribution >= 4 is 28.2 Å². The molecule has 1 N–H and O–H groups in total. The molecule has 0 aliphatic carbocycles. The molecule has 0 saturated carbocycles. The fourth-order valence-corrected chi connectivity index (χ4v) is 3.32. The predicted octanol–water partition coefficient (Wildman–Crippen LogP) is 3.87. The lowest BCUT2D eigenvalue weighted by molar-refractivity contribution is -0.137. The zero-order chi connectivity index (χ0) is 23.9. The van der Waals surface area contributed by atoms with Crippen molar-refractivity contribution in [2.75, 3.05) is 12.4 Å². The average molecular weight is 465 g/mol. The first-order chi connectivity index (χ1) is 16.3. The first-order valence-electron chi connectivity index (χ1n) is 9.83. The van der Waals surface area contributed by atoms with Gasteiger partial charge in [-0.3, -0.25) is 9.78 Å². The van der Waals surface area contributed by atoms with E-state index in [2.05, 4.69) is 30.4 Å². The highest BCUT2D eigenvalue weighted by Gasteiger charge is 2.31. The minimum absolute atomic E-state index is 0.00607. The van der Waals surface area contributed by atoms with Crippen molar-refractivity contribution in [3.05, 3.63) is 77.0 Å². The summed E-state index contributed by atoms with van der Waals surface area (Å²) in [6.07, 6.45) is -0.700. The van der Waals surface area contributed by atoms with Gasteiger partial charge in [-0.2, -0.15) is 17.7 Å². The molecule has 3 aromatic heterocycles. The lowest BCUT2D eigenvalue weighted by atomic mass is 10.1. The third kappa shape index (κ3) is 3.85. The van der Waals surface area contributed by atoms with Gasteiger partial charge in [-0.15, -0.1) is 5.10 Å². The van der Waals surface area contributed by atoms with Crippen LogP contribution in [0.1, 0.15) is 5.56 Å². The minimum Gasteiger partial charge on any atom is -0.497 e. The Kier molecular flexibility index (Phi) is 5.04. The molecule has 0 spiro atoms. The number of benzene rings is 2. The second-order valence-electron chi connectivity index (χ2n) is 7.11. The molecular formula is C22H14F3N7O2. The number of hydrogen-bond donors (Lipinski definition) is 1. The molecule has 0 saturated heterocycles. The molecule has 3 heterocycles. The van der Waals surface area contributed by atoms with Gasteiger partial charge in [0.05, 0.1) is 24.4 Å². The topological polar surface area (TPSA) is 107 Å². The largest absolute Gasteiger partial charge is 0.497 e. The van der Waals surface area contributed by atoms with Crippen molar-refractivity contribution in [2.45, 2.75) is 6.18 Å². The molecule has 34 heavy (non-hydrogen) atoms. The van der Waals surface area contributed by atoms with Gasteiger partial charge in [-0.1, -0.05) is 0 Å². The van der Waals surface area contributed by atoms with Gasteiger partial charge in [0, 0.05) is 23.3 Å². The third-order valence-corrected chi connectivity index (χ3v) is 4.97. The van der Waals surface area contributed by atoms with Crippen LogP contribution in [0.3, 0.4) is 0 Å². The van der Waals surface area contributed by atoms with Gasteiger partial charge in [0.1, 0.15) is 11.4 Å². The average Bonchev–Trinajstić information content (AvgIpc) is 3.18. The fraction of sp³-hybridized carbons (Fsp3) is 0.0909. The molecule has 0 radical (unpaired) electrons. The Morgan fingerprint density at radius 3 is 2.56 bits per heavy atom. The Hall–Kier alpha value is -4.61. The number of hydrogen-bond acceptors (Lipinski definition) is 8. The van der Waals surface area contributed by atoms with Gasteiger partial charge in [-0.05, 0) is 42.5 Å². The standard InChI is InChI=1S/C22H14F3N7O2/c1-34-14-5-2-12(3-6-14)18-30-19-15-10-13(22(23,24)25)4-7-16(15)28-21(32(19)31-18)29-17-11-26-8-9-27-20(17)33/h2-11H,1H3,(H,27,28,29,33). The van der Waals surface area contributed by atoms with Gasteiger partial charge in [0.15, 0.2) is 11.5 Å². The molecule has 0 bridgehead atoms. The first-order valence-corrected chi connectivity index (χ1v) is 9.83. The Morgan fingerprint density at radius 1 is 1.03 bits per heavy atom. The van der Waals surface area contributed by atoms with Crippen molar-refractivity contribution < 1.29 is 17.9 Å². The van der Waals surface area contributed by atoms with E-state index in [-0.39, 0.29) is 34.0 Å². The summed E-state index contributed by atoms with van der Waals surface area (Å²) >= 11 is 0. The molecule has 5 aromatic rings. The molecule has 0 amide bonds. The summed E-state index contributed by atoms with van der Waals surface area (Å²) in [5.41, 5.74) is -0.483. The Bertz CT molecular complexity index is 1580. The highest BCUT2D eigenvalue weighted by atomic mass is 19.4. The molecular weight excluding hydrogens is 451 g/mol. The van der Waals surface area contributed by atoms with Crippen LogP contribution in [0.5, 0.6) is 5.75 Å². The highest BCUT2D eigenvalue weighted by Crippen LogP contribution is 2.33. The molecule has 0 fully saturated rings. The molecule has 0 unspecified atom stereocenters. The molecule has 2 aromatic carbocycles. The van der Waals surface area contributed by atoms with Gasteiger partial charge >= 0.3 is 6.18 Å². The van der Waals surface area contributed by atoms with Crippen LogP contribution < -0.4 is 15.6 Å². The summed E-state index contributed by atoms with van der Waals surface area (Å²) in [6, 6.07) is 10.0. The van der Waals surface area contributed by atoms with E-state index in [1.54, 1.807) is 24.3 Å². The second kappa shape index (κ2) is 8.06. The molecule has 0 atom stereocenters. The second-order valence-corrected chi connectivity index (χ2v) is 7.11. The maximum Gasteiger partial charge on any atom is 0.416 e. The lowest BCUT2D eigenvalue weighted by Crippen LogP contribution is -2.12. The number of nitrogens with zero attached hydrogens (tertiary/aromatic N) is 6. The van der Waals surface area contributed by atoms with Crippen LogP contribution in [0.15, 0.2) is 65.8 Å². The van der Waals surface area contributed by atoms with E-state index in [1.165, 1.54) is 36.3 Å². The Balaban J connectivity index is 1.75. The van der Waals surface area contributed by atoms with Crippen LogP contribution >= 0.6 is 0 Å². The summed E-state index contributed by atoms with van der Waals surface area (Å²) < 4.78 is 46.5. The predicted molar refractivity (Wildman–Crippen MR) is 117 cm³/mol. The lowest BCUT2D eigenvalue weighted by Gasteiger charge is -2.10. The van der Waals surface area contributed by atoms with E-state index in [0.717, 1.165) is 12.1 Å². The van der Waals surface area contributed by atoms with Crippen molar-refractivity contribution in [3.8, 4) is 17.1 Å². The number of alkyl halides is 3. The quantitative estimate of drug-likeness (QED) is 0.426. The van der Waals surface area contributed by atoms with E-state index in [4.69, 9.17) is 4.74 Å². The molecule has 0 aliphatic rings. The van der Waals surface area contributed by atoms with Crippen LogP contribution in [-0.4, -0.2) is 36.7 Å². The fourth-order valence-electron chi connectivity index (χ4n) is 3.32. The summed E-state index contributed by atoms with van der Waals surface area (Å²) in [4.78, 5) is 28.7. The number of rotatable bonds is 4. The monoisotopic (exact) mass is 465 g/mol. The Morgan fingerprint density at radius 2 is 1.82 bits per heavy atom. The molecule has 5 rings (SSSR count). The van der Waals surface area contributed by atoms with E-state index < -0.39 is 17.3 Å². The van der Waals surface area contributed by atoms with Crippen molar-refractivity contribution in [2.24, 2.45) is 0 Å². The molecule has 9 nitrogen and oxygen atoms in total. The van der Waals surface area contributed by atoms with Crippen LogP contribution in [0.25, 0.3) is 27.9 Å². The number of ether oxygens (including phenoxy) is 1. The van der Waals surface area contributed by atoms with Gasteiger partial charge in [0.25, 0.3) is 5.56 Å². The van der Waals surface area contributed by atoms with Crippen LogP contribution in [0, 0.1) is 0 Å². The number of fused-ring (bicyclic) bond motifs is 3. The zero-order valence-corrected chi connectivity index (χ0v) is 17.4. The summed E-state index contributed by atoms with van der Waals surface area (Å²) in [7, 11) is 1.53. The number of nitrogens with one attached hydrogen (secondary N) is 1. The zero-order valence-electron chi connectivity index (χ0n) is 17.4. The van der Waals surface area contributed by atoms with Crippen molar-refractivity contribution in [1.82, 2.24) is 29.5 Å². The van der Waals surface area contributed by atoms with E-state index >= 15 is 0 Å². The van der Waals surface area contributed by atoms with E-state index in [1.807, 2.05) is 0 Å². The van der Waals surface area contributed by atoms with Crippen LogP contribution in [0.4, 0.5) is 24.8 Å². The number of aromatic nitrogens is 6. The van der Waals surface area contributed by atoms with E-state index in [0.29, 0.717) is 11.3 Å². The summed E-state index contributed by atoms with van der Waals surface area (Å²) in [5.74, 6) is 0.924. The molecule has 0 aliphatic heterocycles. The number of halogens is 3. The van der Waals surface area contributed by atoms with Crippen molar-refractivity contribution in [1.29, 1.82) is 0 Å². The smallest absolute Gasteiger partial charge is 0.416 e. The third-order valence-electron chi connectivity index (χ3n) is 4.97. The number of anilines is 2. The summed E-state index contributed by atoms with van der Waals surface area (Å²) in [6.45, 7) is 0. The van der Waals surface area contributed by atoms with E-state index in [9.17, 15) is 18.0 Å². The highest BCUT2D eigenvalue weighted by molar-refractivity contribution is 5.93. The van der Waals surface area contributed by atoms with Crippen molar-refractivity contribution in [3.63, 3.8) is 0 Å².